The number of allylic oxidation sites excluding steroid dienone is 4. The number of rotatable bonds is 9. The minimum absolute atomic E-state index is 0.0130. The fourth-order valence-electron chi connectivity index (χ4n) is 3.41. The van der Waals surface area contributed by atoms with Crippen LogP contribution in [0.1, 0.15) is 45.4 Å². The highest BCUT2D eigenvalue weighted by Gasteiger charge is 2.28. The molecule has 24 heavy (non-hydrogen) atoms. The molecule has 134 valence electrons. The van der Waals surface area contributed by atoms with E-state index in [9.17, 15) is 9.59 Å². The van der Waals surface area contributed by atoms with Crippen molar-refractivity contribution in [3.05, 3.63) is 24.3 Å². The van der Waals surface area contributed by atoms with Gasteiger partial charge in [-0.25, -0.2) is 0 Å². The highest BCUT2D eigenvalue weighted by molar-refractivity contribution is 5.78. The van der Waals surface area contributed by atoms with E-state index in [0.29, 0.717) is 37.8 Å². The smallest absolute Gasteiger partial charge is 0.221 e. The molecule has 0 saturated carbocycles. The van der Waals surface area contributed by atoms with Crippen molar-refractivity contribution in [1.82, 2.24) is 10.6 Å². The van der Waals surface area contributed by atoms with Gasteiger partial charge in [-0.2, -0.15) is 0 Å². The maximum Gasteiger partial charge on any atom is 0.221 e. The molecule has 0 saturated heterocycles. The van der Waals surface area contributed by atoms with Crippen LogP contribution in [0.3, 0.4) is 0 Å². The van der Waals surface area contributed by atoms with Crippen molar-refractivity contribution in [3.63, 3.8) is 0 Å². The van der Waals surface area contributed by atoms with E-state index in [4.69, 9.17) is 4.74 Å². The zero-order chi connectivity index (χ0) is 17.4. The van der Waals surface area contributed by atoms with Crippen LogP contribution < -0.4 is 10.6 Å². The standard InChI is InChI=1S/C19H30N2O3/c1-19(14-24-2,21-18(23)12-16-9-5-6-10-16)13-20-17(22)11-15-7-3-4-8-15/h3,5,7,9,15-16H,4,6,8,10-14H2,1-2H3,(H,20,22)(H,21,23)/t15-,16-,19+/m1/s1. The number of carbonyl (C=O) groups is 2. The van der Waals surface area contributed by atoms with Crippen LogP contribution in [0.2, 0.25) is 0 Å². The average molecular weight is 334 g/mol. The Morgan fingerprint density at radius 1 is 1.08 bits per heavy atom. The molecule has 5 nitrogen and oxygen atoms in total. The number of ether oxygens (including phenoxy) is 1. The number of methoxy groups -OCH3 is 1. The first-order valence-electron chi connectivity index (χ1n) is 8.91. The van der Waals surface area contributed by atoms with E-state index < -0.39 is 5.54 Å². The average Bonchev–Trinajstić information content (AvgIpc) is 3.19. The lowest BCUT2D eigenvalue weighted by atomic mass is 10.00. The van der Waals surface area contributed by atoms with Gasteiger partial charge in [-0.15, -0.1) is 0 Å². The third-order valence-corrected chi connectivity index (χ3v) is 4.70. The maximum atomic E-state index is 12.3. The Labute approximate surface area is 144 Å². The Bertz CT molecular complexity index is 501. The van der Waals surface area contributed by atoms with E-state index in [2.05, 4.69) is 34.9 Å². The lowest BCUT2D eigenvalue weighted by Gasteiger charge is -2.31. The lowest BCUT2D eigenvalue weighted by molar-refractivity contribution is -0.126. The summed E-state index contributed by atoms with van der Waals surface area (Å²) in [6.45, 7) is 2.65. The molecule has 0 unspecified atom stereocenters. The van der Waals surface area contributed by atoms with Crippen LogP contribution in [0.5, 0.6) is 0 Å². The van der Waals surface area contributed by atoms with Gasteiger partial charge in [-0.05, 0) is 44.4 Å². The summed E-state index contributed by atoms with van der Waals surface area (Å²) in [6.07, 6.45) is 13.7. The molecule has 0 fully saturated rings. The molecule has 2 N–H and O–H groups in total. The van der Waals surface area contributed by atoms with Gasteiger partial charge >= 0.3 is 0 Å². The minimum atomic E-state index is -0.588. The third-order valence-electron chi connectivity index (χ3n) is 4.70. The van der Waals surface area contributed by atoms with Crippen molar-refractivity contribution in [1.29, 1.82) is 0 Å². The summed E-state index contributed by atoms with van der Waals surface area (Å²) < 4.78 is 5.25. The Morgan fingerprint density at radius 2 is 1.67 bits per heavy atom. The van der Waals surface area contributed by atoms with Gasteiger partial charge in [0.1, 0.15) is 0 Å². The predicted octanol–water partition coefficient (Wildman–Crippen LogP) is 2.34. The van der Waals surface area contributed by atoms with Gasteiger partial charge in [0.15, 0.2) is 0 Å². The second-order valence-electron chi connectivity index (χ2n) is 7.26. The van der Waals surface area contributed by atoms with Crippen LogP contribution in [0.25, 0.3) is 0 Å². The second-order valence-corrected chi connectivity index (χ2v) is 7.26. The summed E-state index contributed by atoms with van der Waals surface area (Å²) in [5.74, 6) is 0.726. The monoisotopic (exact) mass is 334 g/mol. The molecule has 2 aliphatic carbocycles. The van der Waals surface area contributed by atoms with E-state index >= 15 is 0 Å². The van der Waals surface area contributed by atoms with Crippen molar-refractivity contribution in [3.8, 4) is 0 Å². The van der Waals surface area contributed by atoms with Crippen LogP contribution in [0.4, 0.5) is 0 Å². The van der Waals surface area contributed by atoms with Gasteiger partial charge in [-0.3, -0.25) is 9.59 Å². The normalized spacial score (nSPS) is 24.8. The fraction of sp³-hybridized carbons (Fsp3) is 0.684. The molecular formula is C19H30N2O3. The van der Waals surface area contributed by atoms with Crippen LogP contribution in [0, 0.1) is 11.8 Å². The summed E-state index contributed by atoms with van der Waals surface area (Å²) in [6, 6.07) is 0. The highest BCUT2D eigenvalue weighted by Crippen LogP contribution is 2.21. The molecule has 2 aliphatic rings. The molecule has 0 radical (unpaired) electrons. The summed E-state index contributed by atoms with van der Waals surface area (Å²) >= 11 is 0. The molecule has 0 heterocycles. The van der Waals surface area contributed by atoms with Gasteiger partial charge < -0.3 is 15.4 Å². The summed E-state index contributed by atoms with van der Waals surface area (Å²) in [5, 5.41) is 6.00. The SMILES string of the molecule is COC[C@](C)(CNC(=O)C[C@@H]1C=CCC1)NC(=O)C[C@@H]1C=CCC1. The van der Waals surface area contributed by atoms with Gasteiger partial charge in [0.05, 0.1) is 12.1 Å². The summed E-state index contributed by atoms with van der Waals surface area (Å²) in [5.41, 5.74) is -0.588. The fourth-order valence-corrected chi connectivity index (χ4v) is 3.41. The maximum absolute atomic E-state index is 12.3. The van der Waals surface area contributed by atoms with Crippen molar-refractivity contribution in [2.75, 3.05) is 20.3 Å². The summed E-state index contributed by atoms with van der Waals surface area (Å²) in [4.78, 5) is 24.4. The Kier molecular flexibility index (Phi) is 7.03. The van der Waals surface area contributed by atoms with E-state index in [0.717, 1.165) is 25.7 Å². The second kappa shape index (κ2) is 9.02. The molecule has 0 aromatic carbocycles. The van der Waals surface area contributed by atoms with Gasteiger partial charge in [0.2, 0.25) is 11.8 Å². The van der Waals surface area contributed by atoms with Gasteiger partial charge in [0, 0.05) is 26.5 Å². The Morgan fingerprint density at radius 3 is 2.17 bits per heavy atom. The van der Waals surface area contributed by atoms with E-state index in [-0.39, 0.29) is 11.8 Å². The van der Waals surface area contributed by atoms with Crippen molar-refractivity contribution < 1.29 is 14.3 Å². The quantitative estimate of drug-likeness (QED) is 0.636. The zero-order valence-electron chi connectivity index (χ0n) is 14.8. The molecule has 0 aliphatic heterocycles. The van der Waals surface area contributed by atoms with E-state index in [1.807, 2.05) is 6.92 Å². The predicted molar refractivity (Wildman–Crippen MR) is 94.4 cm³/mol. The molecule has 0 aromatic heterocycles. The number of amides is 2. The topological polar surface area (TPSA) is 67.4 Å². The summed E-state index contributed by atoms with van der Waals surface area (Å²) in [7, 11) is 1.61. The Hall–Kier alpha value is -1.62. The van der Waals surface area contributed by atoms with Crippen LogP contribution in [0.15, 0.2) is 24.3 Å². The largest absolute Gasteiger partial charge is 0.382 e. The molecule has 0 bridgehead atoms. The molecule has 0 spiro atoms. The van der Waals surface area contributed by atoms with Crippen molar-refractivity contribution in [2.45, 2.75) is 51.0 Å². The van der Waals surface area contributed by atoms with Crippen molar-refractivity contribution in [2.24, 2.45) is 11.8 Å². The first-order chi connectivity index (χ1) is 11.5. The molecular weight excluding hydrogens is 304 g/mol. The van der Waals surface area contributed by atoms with E-state index in [1.54, 1.807) is 7.11 Å². The molecule has 0 aromatic rings. The number of hydrogen-bond acceptors (Lipinski definition) is 3. The minimum Gasteiger partial charge on any atom is -0.382 e. The highest BCUT2D eigenvalue weighted by atomic mass is 16.5. The molecule has 5 heteroatoms. The van der Waals surface area contributed by atoms with Crippen molar-refractivity contribution >= 4 is 11.8 Å². The molecule has 3 atom stereocenters. The number of hydrogen-bond donors (Lipinski definition) is 2. The zero-order valence-corrected chi connectivity index (χ0v) is 14.8. The van der Waals surface area contributed by atoms with Crippen LogP contribution >= 0.6 is 0 Å². The molecule has 2 amide bonds. The number of nitrogens with one attached hydrogen (secondary N) is 2. The van der Waals surface area contributed by atoms with E-state index in [1.165, 1.54) is 0 Å². The van der Waals surface area contributed by atoms with Crippen LogP contribution in [-0.4, -0.2) is 37.6 Å². The Balaban J connectivity index is 1.79. The van der Waals surface area contributed by atoms with Gasteiger partial charge in [0.25, 0.3) is 0 Å². The first kappa shape index (κ1) is 18.7. The van der Waals surface area contributed by atoms with Crippen LogP contribution in [-0.2, 0) is 14.3 Å². The molecule has 2 rings (SSSR count). The van der Waals surface area contributed by atoms with Gasteiger partial charge in [-0.1, -0.05) is 24.3 Å². The lowest BCUT2D eigenvalue weighted by Crippen LogP contribution is -2.56. The first-order valence-corrected chi connectivity index (χ1v) is 8.91. The number of carbonyl (C=O) groups excluding carboxylic acids is 2. The third kappa shape index (κ3) is 6.11.